The number of nitrogens with zero attached hydrogens (tertiary/aromatic N) is 1. The number of aliphatic hydroxyl groups is 1. The molecule has 3 atom stereocenters. The highest BCUT2D eigenvalue weighted by Gasteiger charge is 2.28. The molecule has 0 saturated carbocycles. The van der Waals surface area contributed by atoms with Gasteiger partial charge in [0.2, 0.25) is 5.91 Å². The molecule has 526 valence electrons. The number of hydrogen-bond donors (Lipinski definition) is 3. The molecule has 0 aliphatic heterocycles. The summed E-state index contributed by atoms with van der Waals surface area (Å²) < 4.78 is 23.9. The van der Waals surface area contributed by atoms with Gasteiger partial charge in [-0.05, 0) is 70.6 Å². The summed E-state index contributed by atoms with van der Waals surface area (Å²) in [4.78, 5) is 23.5. The molecule has 0 aromatic heterocycles. The van der Waals surface area contributed by atoms with E-state index in [9.17, 15) is 19.4 Å². The van der Waals surface area contributed by atoms with Crippen LogP contribution in [0.25, 0.3) is 0 Å². The van der Waals surface area contributed by atoms with Crippen LogP contribution < -0.4 is 5.32 Å². The quantitative estimate of drug-likeness (QED) is 0.0243. The van der Waals surface area contributed by atoms with E-state index >= 15 is 0 Å². The van der Waals surface area contributed by atoms with Crippen LogP contribution >= 0.6 is 7.82 Å². The first-order valence-electron chi connectivity index (χ1n) is 39.0. The first kappa shape index (κ1) is 87.7. The van der Waals surface area contributed by atoms with Crippen LogP contribution in [0, 0.1) is 0 Å². The minimum Gasteiger partial charge on any atom is -0.387 e. The molecule has 0 rings (SSSR count). The Kier molecular flexibility index (Phi) is 69.2. The Bertz CT molecular complexity index is 1750. The van der Waals surface area contributed by atoms with Gasteiger partial charge in [-0.1, -0.05) is 381 Å². The number of carbonyl (C=O) groups is 1. The van der Waals surface area contributed by atoms with Crippen LogP contribution in [0.3, 0.4) is 0 Å². The minimum atomic E-state index is -4.36. The van der Waals surface area contributed by atoms with Crippen LogP contribution in [-0.2, 0) is 18.4 Å². The summed E-state index contributed by atoms with van der Waals surface area (Å²) in [6, 6.07) is -0.850. The van der Waals surface area contributed by atoms with Gasteiger partial charge >= 0.3 is 7.82 Å². The minimum absolute atomic E-state index is 0.0615. The highest BCUT2D eigenvalue weighted by Crippen LogP contribution is 2.43. The van der Waals surface area contributed by atoms with Gasteiger partial charge in [0, 0.05) is 6.42 Å². The SMILES string of the molecule is CC/C=C\C/C=C\C/C=C\C/C=C\C/C=C\C/C=C\CCCCCCCCCCCCCCCCCCCCCCC(=O)NC(COP(=O)(O)OCC[N+](C)(C)C)C(O)/C=C/CCCCCCCCCCCCCCCCCCCCCCCCCCCCC. The van der Waals surface area contributed by atoms with Gasteiger partial charge in [-0.2, -0.15) is 0 Å². The smallest absolute Gasteiger partial charge is 0.387 e. The third-order valence-electron chi connectivity index (χ3n) is 17.6. The van der Waals surface area contributed by atoms with E-state index in [1.54, 1.807) is 6.08 Å². The van der Waals surface area contributed by atoms with Gasteiger partial charge in [0.05, 0.1) is 39.9 Å². The number of allylic oxidation sites excluding steroid dienone is 13. The van der Waals surface area contributed by atoms with E-state index in [0.717, 1.165) is 77.0 Å². The molecule has 3 N–H and O–H groups in total. The summed E-state index contributed by atoms with van der Waals surface area (Å²) in [5, 5.41) is 14.1. The Hall–Kier alpha value is -2.32. The van der Waals surface area contributed by atoms with Gasteiger partial charge in [-0.15, -0.1) is 0 Å². The molecule has 0 fully saturated rings. The largest absolute Gasteiger partial charge is 0.472 e. The van der Waals surface area contributed by atoms with Crippen LogP contribution in [-0.4, -0.2) is 73.4 Å². The number of phosphoric acid groups is 1. The van der Waals surface area contributed by atoms with Crippen molar-refractivity contribution in [2.24, 2.45) is 0 Å². The molecule has 0 spiro atoms. The molecule has 0 saturated heterocycles. The molecule has 0 radical (unpaired) electrons. The predicted molar refractivity (Wildman–Crippen MR) is 396 cm³/mol. The zero-order valence-electron chi connectivity index (χ0n) is 60.4. The van der Waals surface area contributed by atoms with Gasteiger partial charge in [-0.3, -0.25) is 13.8 Å². The van der Waals surface area contributed by atoms with Gasteiger partial charge in [-0.25, -0.2) is 4.57 Å². The van der Waals surface area contributed by atoms with Crippen molar-refractivity contribution < 1.29 is 32.9 Å². The molecular formula is C81H152N2O6P+. The molecule has 1 amide bonds. The van der Waals surface area contributed by atoms with Gasteiger partial charge in [0.15, 0.2) is 0 Å². The molecule has 0 aliphatic rings. The second-order valence-corrected chi connectivity index (χ2v) is 29.2. The van der Waals surface area contributed by atoms with E-state index in [0.29, 0.717) is 17.4 Å². The van der Waals surface area contributed by atoms with Gasteiger partial charge in [0.25, 0.3) is 0 Å². The molecule has 8 nitrogen and oxygen atoms in total. The highest BCUT2D eigenvalue weighted by atomic mass is 31.2. The summed E-state index contributed by atoms with van der Waals surface area (Å²) in [5.74, 6) is -0.171. The fraction of sp³-hybridized carbons (Fsp3) is 0.815. The number of likely N-dealkylation sites (N-methyl/N-ethyl adjacent to an activating group) is 1. The molecule has 0 aromatic rings. The van der Waals surface area contributed by atoms with Crippen molar-refractivity contribution in [1.29, 1.82) is 0 Å². The van der Waals surface area contributed by atoms with E-state index in [4.69, 9.17) is 9.05 Å². The van der Waals surface area contributed by atoms with Crippen molar-refractivity contribution in [3.05, 3.63) is 85.1 Å². The fourth-order valence-corrected chi connectivity index (χ4v) is 12.4. The number of quaternary nitrogens is 1. The summed E-state index contributed by atoms with van der Waals surface area (Å²) in [6.07, 6.45) is 102. The van der Waals surface area contributed by atoms with Gasteiger partial charge < -0.3 is 19.8 Å². The topological polar surface area (TPSA) is 105 Å². The van der Waals surface area contributed by atoms with Crippen LogP contribution in [0.15, 0.2) is 85.1 Å². The van der Waals surface area contributed by atoms with Gasteiger partial charge in [0.1, 0.15) is 13.2 Å². The lowest BCUT2D eigenvalue weighted by Crippen LogP contribution is -2.45. The van der Waals surface area contributed by atoms with E-state index in [1.807, 2.05) is 27.2 Å². The Morgan fingerprint density at radius 2 is 0.667 bits per heavy atom. The average Bonchev–Trinajstić information content (AvgIpc) is 3.72. The summed E-state index contributed by atoms with van der Waals surface area (Å²) in [7, 11) is 1.58. The number of phosphoric ester groups is 1. The lowest BCUT2D eigenvalue weighted by Gasteiger charge is -2.25. The van der Waals surface area contributed by atoms with Crippen LogP contribution in [0.1, 0.15) is 373 Å². The maximum absolute atomic E-state index is 13.1. The van der Waals surface area contributed by atoms with Crippen molar-refractivity contribution >= 4 is 13.7 Å². The third-order valence-corrected chi connectivity index (χ3v) is 18.6. The summed E-state index contributed by atoms with van der Waals surface area (Å²) in [5.41, 5.74) is 0. The lowest BCUT2D eigenvalue weighted by atomic mass is 10.0. The summed E-state index contributed by atoms with van der Waals surface area (Å²) >= 11 is 0. The average molecular weight is 1280 g/mol. The normalized spacial score (nSPS) is 14.0. The Morgan fingerprint density at radius 1 is 0.389 bits per heavy atom. The number of aliphatic hydroxyl groups excluding tert-OH is 1. The molecule has 0 heterocycles. The van der Waals surface area contributed by atoms with E-state index in [2.05, 4.69) is 92.1 Å². The van der Waals surface area contributed by atoms with Crippen LogP contribution in [0.4, 0.5) is 0 Å². The van der Waals surface area contributed by atoms with E-state index in [1.165, 1.54) is 276 Å². The van der Waals surface area contributed by atoms with Crippen LogP contribution in [0.2, 0.25) is 0 Å². The highest BCUT2D eigenvalue weighted by molar-refractivity contribution is 7.47. The third kappa shape index (κ3) is 73.1. The first-order chi connectivity index (χ1) is 44.0. The van der Waals surface area contributed by atoms with E-state index in [-0.39, 0.29) is 19.1 Å². The second kappa shape index (κ2) is 71.0. The number of amides is 1. The van der Waals surface area contributed by atoms with Crippen molar-refractivity contribution in [2.45, 2.75) is 386 Å². The number of hydrogen-bond acceptors (Lipinski definition) is 5. The zero-order valence-corrected chi connectivity index (χ0v) is 61.3. The number of carbonyl (C=O) groups excluding carboxylic acids is 1. The first-order valence-corrected chi connectivity index (χ1v) is 40.5. The second-order valence-electron chi connectivity index (χ2n) is 27.7. The van der Waals surface area contributed by atoms with Crippen molar-refractivity contribution in [2.75, 3.05) is 40.9 Å². The number of nitrogens with one attached hydrogen (secondary N) is 1. The number of unbranched alkanes of at least 4 members (excludes halogenated alkanes) is 47. The molecule has 3 unspecified atom stereocenters. The van der Waals surface area contributed by atoms with Crippen molar-refractivity contribution in [3.8, 4) is 0 Å². The van der Waals surface area contributed by atoms with Crippen molar-refractivity contribution in [3.63, 3.8) is 0 Å². The monoisotopic (exact) mass is 1280 g/mol. The maximum Gasteiger partial charge on any atom is 0.472 e. The summed E-state index contributed by atoms with van der Waals surface area (Å²) in [6.45, 7) is 4.75. The Labute approximate surface area is 560 Å². The lowest BCUT2D eigenvalue weighted by molar-refractivity contribution is -0.870. The molecule has 9 heteroatoms. The molecule has 0 aromatic carbocycles. The molecule has 0 aliphatic carbocycles. The van der Waals surface area contributed by atoms with Crippen molar-refractivity contribution in [1.82, 2.24) is 5.32 Å². The van der Waals surface area contributed by atoms with E-state index < -0.39 is 20.0 Å². The standard InChI is InChI=1S/C81H151N2O6P/c1-6-8-10-12-14-16-18-20-22-24-26-28-30-32-34-36-37-38-39-40-41-42-43-44-45-47-49-51-53-55-57-59-61-63-65-67-69-71-73-75-81(85)82-79(78-89-90(86,87)88-77-76-83(3,4)5)80(84)74-72-70-68-66-64-62-60-58-56-54-52-50-48-46-35-33-31-29-27-25-23-21-19-17-15-13-11-9-7-2/h8,10,14,16,20,22,26,28,32,34,37-38,72,74,79-80,84H,6-7,9,11-13,15,17-19,21,23-25,27,29-31,33,35-36,39-71,73,75-78H2,1-5H3,(H-,82,85,86,87)/p+1/b10-8-,16-14-,22-20-,28-26-,34-32-,38-37-,74-72+. The number of rotatable bonds is 72. The Balaban J connectivity index is 3.98. The Morgan fingerprint density at radius 3 is 0.978 bits per heavy atom. The molecular weight excluding hydrogens is 1130 g/mol. The molecule has 90 heavy (non-hydrogen) atoms. The maximum atomic E-state index is 13.1. The molecule has 0 bridgehead atoms. The predicted octanol–water partition coefficient (Wildman–Crippen LogP) is 25.5. The zero-order chi connectivity index (χ0) is 65.5. The van der Waals surface area contributed by atoms with Crippen LogP contribution in [0.5, 0.6) is 0 Å². The fourth-order valence-electron chi connectivity index (χ4n) is 11.6.